The van der Waals surface area contributed by atoms with Gasteiger partial charge in [0.1, 0.15) is 5.75 Å². The van der Waals surface area contributed by atoms with E-state index in [1.54, 1.807) is 18.2 Å². The molecule has 0 bridgehead atoms. The number of hydrogen-bond acceptors (Lipinski definition) is 3. The van der Waals surface area contributed by atoms with Gasteiger partial charge in [0.05, 0.1) is 16.1 Å². The van der Waals surface area contributed by atoms with E-state index in [9.17, 15) is 9.90 Å². The van der Waals surface area contributed by atoms with Crippen LogP contribution in [0.5, 0.6) is 5.75 Å². The van der Waals surface area contributed by atoms with Gasteiger partial charge in [0.25, 0.3) is 5.91 Å². The van der Waals surface area contributed by atoms with Crippen molar-refractivity contribution in [2.24, 2.45) is 5.92 Å². The first kappa shape index (κ1) is 15.4. The highest BCUT2D eigenvalue weighted by molar-refractivity contribution is 6.42. The number of hydrogen-bond donors (Lipinski definition) is 2. The van der Waals surface area contributed by atoms with Gasteiger partial charge in [-0.2, -0.15) is 0 Å². The second-order valence-corrected chi connectivity index (χ2v) is 5.74. The van der Waals surface area contributed by atoms with Crippen LogP contribution in [0.1, 0.15) is 19.3 Å². The van der Waals surface area contributed by atoms with Crippen molar-refractivity contribution in [3.8, 4) is 5.75 Å². The van der Waals surface area contributed by atoms with Crippen molar-refractivity contribution in [2.45, 2.75) is 25.4 Å². The van der Waals surface area contributed by atoms with Crippen LogP contribution >= 0.6 is 23.2 Å². The number of nitrogens with one attached hydrogen (secondary N) is 1. The summed E-state index contributed by atoms with van der Waals surface area (Å²) in [5, 5.41) is 13.3. The fourth-order valence-electron chi connectivity index (χ4n) is 2.27. The fourth-order valence-corrected chi connectivity index (χ4v) is 2.55. The van der Waals surface area contributed by atoms with Gasteiger partial charge in [-0.15, -0.1) is 0 Å². The molecule has 0 aromatic heterocycles. The molecule has 0 heterocycles. The second-order valence-electron chi connectivity index (χ2n) is 4.93. The molecule has 2 rings (SSSR count). The summed E-state index contributed by atoms with van der Waals surface area (Å²) in [5.41, 5.74) is 0. The van der Waals surface area contributed by atoms with Crippen molar-refractivity contribution >= 4 is 29.1 Å². The maximum absolute atomic E-state index is 11.7. The first-order valence-electron chi connectivity index (χ1n) is 6.59. The lowest BCUT2D eigenvalue weighted by molar-refractivity contribution is -0.123. The maximum atomic E-state index is 11.7. The number of aliphatic hydroxyl groups is 1. The summed E-state index contributed by atoms with van der Waals surface area (Å²) in [6.07, 6.45) is 2.49. The number of rotatable bonds is 5. The molecular weight excluding hydrogens is 301 g/mol. The second kappa shape index (κ2) is 7.16. The van der Waals surface area contributed by atoms with E-state index in [2.05, 4.69) is 5.32 Å². The third-order valence-electron chi connectivity index (χ3n) is 3.44. The molecule has 20 heavy (non-hydrogen) atoms. The number of benzene rings is 1. The highest BCUT2D eigenvalue weighted by Crippen LogP contribution is 2.26. The summed E-state index contributed by atoms with van der Waals surface area (Å²) in [5.74, 6) is 0.439. The molecule has 1 aromatic rings. The lowest BCUT2D eigenvalue weighted by Crippen LogP contribution is -2.35. The normalized spacial score (nSPS) is 21.8. The Bertz CT molecular complexity index is 481. The van der Waals surface area contributed by atoms with E-state index in [4.69, 9.17) is 27.9 Å². The van der Waals surface area contributed by atoms with Crippen molar-refractivity contribution in [2.75, 3.05) is 13.2 Å². The van der Waals surface area contributed by atoms with Crippen LogP contribution in [0.25, 0.3) is 0 Å². The summed E-state index contributed by atoms with van der Waals surface area (Å²) in [6.45, 7) is 0.408. The molecule has 2 N–H and O–H groups in total. The summed E-state index contributed by atoms with van der Waals surface area (Å²) in [4.78, 5) is 11.7. The number of aliphatic hydroxyl groups excluding tert-OH is 1. The van der Waals surface area contributed by atoms with Gasteiger partial charge in [-0.1, -0.05) is 29.6 Å². The van der Waals surface area contributed by atoms with E-state index in [1.807, 2.05) is 0 Å². The molecule has 2 atom stereocenters. The third-order valence-corrected chi connectivity index (χ3v) is 4.18. The zero-order valence-corrected chi connectivity index (χ0v) is 12.5. The van der Waals surface area contributed by atoms with Gasteiger partial charge >= 0.3 is 0 Å². The molecule has 110 valence electrons. The highest BCUT2D eigenvalue weighted by Gasteiger charge is 2.25. The fraction of sp³-hybridized carbons (Fsp3) is 0.500. The molecular formula is C14H17Cl2NO3. The van der Waals surface area contributed by atoms with Crippen molar-refractivity contribution in [1.29, 1.82) is 0 Å². The predicted molar refractivity (Wildman–Crippen MR) is 78.3 cm³/mol. The van der Waals surface area contributed by atoms with E-state index in [0.717, 1.165) is 19.3 Å². The summed E-state index contributed by atoms with van der Waals surface area (Å²) < 4.78 is 5.33. The molecule has 1 aliphatic carbocycles. The van der Waals surface area contributed by atoms with Crippen LogP contribution in [-0.4, -0.2) is 30.3 Å². The molecule has 2 unspecified atom stereocenters. The Morgan fingerprint density at radius 3 is 2.80 bits per heavy atom. The van der Waals surface area contributed by atoms with Gasteiger partial charge in [-0.05, 0) is 25.0 Å². The van der Waals surface area contributed by atoms with Gasteiger partial charge in [-0.3, -0.25) is 4.79 Å². The SMILES string of the molecule is O=C(COc1ccc(Cl)c(Cl)c1)NCC1CCCC1O. The molecule has 0 aliphatic heterocycles. The van der Waals surface area contributed by atoms with E-state index >= 15 is 0 Å². The van der Waals surface area contributed by atoms with Gasteiger partial charge in [0, 0.05) is 18.5 Å². The molecule has 0 radical (unpaired) electrons. The largest absolute Gasteiger partial charge is 0.484 e. The lowest BCUT2D eigenvalue weighted by Gasteiger charge is -2.15. The molecule has 1 amide bonds. The standard InChI is InChI=1S/C14H17Cl2NO3/c15-11-5-4-10(6-12(11)16)20-8-14(19)17-7-9-2-1-3-13(9)18/h4-6,9,13,18H,1-3,7-8H2,(H,17,19). The Morgan fingerprint density at radius 1 is 1.35 bits per heavy atom. The van der Waals surface area contributed by atoms with Crippen molar-refractivity contribution in [1.82, 2.24) is 5.32 Å². The van der Waals surface area contributed by atoms with Crippen LogP contribution < -0.4 is 10.1 Å². The first-order valence-corrected chi connectivity index (χ1v) is 7.34. The van der Waals surface area contributed by atoms with Crippen molar-refractivity contribution in [3.05, 3.63) is 28.2 Å². The first-order chi connectivity index (χ1) is 9.56. The number of carbonyl (C=O) groups excluding carboxylic acids is 1. The average molecular weight is 318 g/mol. The quantitative estimate of drug-likeness (QED) is 0.877. The Balaban J connectivity index is 1.73. The summed E-state index contributed by atoms with van der Waals surface area (Å²) in [7, 11) is 0. The minimum atomic E-state index is -0.300. The van der Waals surface area contributed by atoms with Gasteiger partial charge in [0.15, 0.2) is 6.61 Å². The van der Waals surface area contributed by atoms with Crippen LogP contribution in [-0.2, 0) is 4.79 Å². The van der Waals surface area contributed by atoms with Crippen LogP contribution in [0, 0.1) is 5.92 Å². The molecule has 4 nitrogen and oxygen atoms in total. The molecule has 1 aliphatic rings. The van der Waals surface area contributed by atoms with Gasteiger partial charge < -0.3 is 15.2 Å². The third kappa shape index (κ3) is 4.27. The monoisotopic (exact) mass is 317 g/mol. The molecule has 6 heteroatoms. The van der Waals surface area contributed by atoms with E-state index in [0.29, 0.717) is 22.3 Å². The maximum Gasteiger partial charge on any atom is 0.257 e. The molecule has 1 aromatic carbocycles. The van der Waals surface area contributed by atoms with Crippen molar-refractivity contribution < 1.29 is 14.6 Å². The Hall–Kier alpha value is -0.970. The van der Waals surface area contributed by atoms with Gasteiger partial charge in [-0.25, -0.2) is 0 Å². The van der Waals surface area contributed by atoms with E-state index in [1.165, 1.54) is 0 Å². The number of ether oxygens (including phenoxy) is 1. The smallest absolute Gasteiger partial charge is 0.257 e. The Kier molecular flexibility index (Phi) is 5.52. The minimum Gasteiger partial charge on any atom is -0.484 e. The zero-order valence-electron chi connectivity index (χ0n) is 10.9. The molecule has 0 spiro atoms. The number of halogens is 2. The van der Waals surface area contributed by atoms with Crippen LogP contribution in [0.3, 0.4) is 0 Å². The van der Waals surface area contributed by atoms with E-state index in [-0.39, 0.29) is 24.5 Å². The molecule has 1 fully saturated rings. The van der Waals surface area contributed by atoms with Crippen molar-refractivity contribution in [3.63, 3.8) is 0 Å². The van der Waals surface area contributed by atoms with Gasteiger partial charge in [0.2, 0.25) is 0 Å². The topological polar surface area (TPSA) is 58.6 Å². The summed E-state index contributed by atoms with van der Waals surface area (Å²) in [6, 6.07) is 4.84. The molecule has 0 saturated heterocycles. The lowest BCUT2D eigenvalue weighted by atomic mass is 10.1. The van der Waals surface area contributed by atoms with Crippen LogP contribution in [0.4, 0.5) is 0 Å². The van der Waals surface area contributed by atoms with E-state index < -0.39 is 0 Å². The zero-order chi connectivity index (χ0) is 14.5. The Labute approximate surface area is 128 Å². The minimum absolute atomic E-state index is 0.0826. The number of carbonyl (C=O) groups is 1. The summed E-state index contributed by atoms with van der Waals surface area (Å²) >= 11 is 11.6. The van der Waals surface area contributed by atoms with Crippen LogP contribution in [0.15, 0.2) is 18.2 Å². The van der Waals surface area contributed by atoms with Crippen LogP contribution in [0.2, 0.25) is 10.0 Å². The Morgan fingerprint density at radius 2 is 2.15 bits per heavy atom. The number of amides is 1. The average Bonchev–Trinajstić information content (AvgIpc) is 2.83. The predicted octanol–water partition coefficient (Wildman–Crippen LogP) is 2.65. The highest BCUT2D eigenvalue weighted by atomic mass is 35.5. The molecule has 1 saturated carbocycles.